The first-order valence-electron chi connectivity index (χ1n) is 6.71. The Kier molecular flexibility index (Phi) is 5.95. The Hall–Kier alpha value is -1.62. The largest absolute Gasteiger partial charge is 0.389 e. The van der Waals surface area contributed by atoms with E-state index in [0.29, 0.717) is 17.5 Å². The van der Waals surface area contributed by atoms with E-state index in [2.05, 4.69) is 19.2 Å². The number of nitrogens with two attached hydrogens (primary N) is 1. The second-order valence-electron chi connectivity index (χ2n) is 5.37. The monoisotopic (exact) mass is 293 g/mol. The first kappa shape index (κ1) is 16.4. The number of carbonyl (C=O) groups is 1. The summed E-state index contributed by atoms with van der Waals surface area (Å²) >= 11 is 4.96. The second-order valence-corrected chi connectivity index (χ2v) is 5.81. The summed E-state index contributed by atoms with van der Waals surface area (Å²) in [6.45, 7) is 6.48. The fourth-order valence-corrected chi connectivity index (χ4v) is 1.80. The molecule has 0 saturated heterocycles. The molecule has 1 amide bonds. The van der Waals surface area contributed by atoms with E-state index >= 15 is 0 Å². The van der Waals surface area contributed by atoms with Gasteiger partial charge in [0, 0.05) is 24.3 Å². The summed E-state index contributed by atoms with van der Waals surface area (Å²) in [7, 11) is 1.87. The molecule has 110 valence electrons. The van der Waals surface area contributed by atoms with Crippen LogP contribution in [0, 0.1) is 5.92 Å². The molecule has 1 rings (SSSR count). The van der Waals surface area contributed by atoms with Crippen molar-refractivity contribution in [1.29, 1.82) is 0 Å². The number of anilines is 1. The van der Waals surface area contributed by atoms with E-state index in [1.165, 1.54) is 0 Å². The van der Waals surface area contributed by atoms with Crippen molar-refractivity contribution in [2.45, 2.75) is 26.8 Å². The molecule has 4 nitrogen and oxygen atoms in total. The van der Waals surface area contributed by atoms with Gasteiger partial charge in [0.05, 0.1) is 6.54 Å². The summed E-state index contributed by atoms with van der Waals surface area (Å²) in [5.41, 5.74) is 7.34. The summed E-state index contributed by atoms with van der Waals surface area (Å²) in [4.78, 5) is 14.2. The third-order valence-corrected chi connectivity index (χ3v) is 3.58. The molecule has 1 atom stereocenters. The zero-order chi connectivity index (χ0) is 15.3. The minimum absolute atomic E-state index is 0.00873. The average Bonchev–Trinajstić information content (AvgIpc) is 2.38. The van der Waals surface area contributed by atoms with Gasteiger partial charge in [-0.05, 0) is 25.0 Å². The molecule has 1 unspecified atom stereocenters. The van der Waals surface area contributed by atoms with Crippen molar-refractivity contribution in [3.8, 4) is 0 Å². The van der Waals surface area contributed by atoms with Crippen LogP contribution < -0.4 is 16.0 Å². The Bertz CT molecular complexity index is 488. The number of carbonyl (C=O) groups excluding carboxylic acids is 1. The van der Waals surface area contributed by atoms with E-state index in [9.17, 15) is 4.79 Å². The predicted octanol–water partition coefficient (Wildman–Crippen LogP) is 1.92. The molecule has 0 aliphatic carbocycles. The molecule has 1 aromatic carbocycles. The van der Waals surface area contributed by atoms with E-state index in [4.69, 9.17) is 18.0 Å². The molecule has 0 aliphatic heterocycles. The molecule has 0 radical (unpaired) electrons. The number of nitrogens with zero attached hydrogens (tertiary/aromatic N) is 1. The number of hydrogen-bond donors (Lipinski definition) is 2. The van der Waals surface area contributed by atoms with Crippen LogP contribution in [0.1, 0.15) is 26.3 Å². The zero-order valence-electron chi connectivity index (χ0n) is 12.5. The maximum absolute atomic E-state index is 12.0. The van der Waals surface area contributed by atoms with Crippen molar-refractivity contribution in [2.75, 3.05) is 18.5 Å². The fourth-order valence-electron chi connectivity index (χ4n) is 1.67. The molecular formula is C15H23N3OS. The van der Waals surface area contributed by atoms with Crippen LogP contribution in [0.2, 0.25) is 0 Å². The number of hydrogen-bond acceptors (Lipinski definition) is 3. The third-order valence-electron chi connectivity index (χ3n) is 3.34. The molecule has 0 bridgehead atoms. The molecule has 3 N–H and O–H groups in total. The van der Waals surface area contributed by atoms with Crippen LogP contribution in [0.4, 0.5) is 5.69 Å². The standard InChI is InChI=1S/C15H23N3OS/c1-10(2)11(3)17-14(19)9-18(4)13-7-5-6-12(8-13)15(16)20/h5-8,10-11H,9H2,1-4H3,(H2,16,20)(H,17,19). The lowest BCUT2D eigenvalue weighted by molar-refractivity contribution is -0.120. The van der Waals surface area contributed by atoms with Gasteiger partial charge in [0.25, 0.3) is 0 Å². The molecule has 0 aliphatic rings. The Morgan fingerprint density at radius 3 is 2.60 bits per heavy atom. The highest BCUT2D eigenvalue weighted by molar-refractivity contribution is 7.80. The van der Waals surface area contributed by atoms with Crippen LogP contribution >= 0.6 is 12.2 Å². The topological polar surface area (TPSA) is 58.4 Å². The van der Waals surface area contributed by atoms with E-state index in [0.717, 1.165) is 11.3 Å². The van der Waals surface area contributed by atoms with Gasteiger partial charge in [-0.3, -0.25) is 4.79 Å². The van der Waals surface area contributed by atoms with Crippen molar-refractivity contribution in [3.63, 3.8) is 0 Å². The van der Waals surface area contributed by atoms with Gasteiger partial charge in [0.1, 0.15) is 4.99 Å². The molecule has 0 fully saturated rings. The molecule has 5 heteroatoms. The number of thiocarbonyl (C=S) groups is 1. The van der Waals surface area contributed by atoms with Crippen molar-refractivity contribution < 1.29 is 4.79 Å². The van der Waals surface area contributed by atoms with Crippen LogP contribution in [0.15, 0.2) is 24.3 Å². The Labute approximate surface area is 126 Å². The smallest absolute Gasteiger partial charge is 0.239 e. The van der Waals surface area contributed by atoms with Gasteiger partial charge in [-0.25, -0.2) is 0 Å². The normalized spacial score (nSPS) is 12.1. The van der Waals surface area contributed by atoms with E-state index < -0.39 is 0 Å². The summed E-state index contributed by atoms with van der Waals surface area (Å²) in [6.07, 6.45) is 0. The van der Waals surface area contributed by atoms with Gasteiger partial charge in [-0.1, -0.05) is 38.2 Å². The van der Waals surface area contributed by atoms with Crippen LogP contribution in [-0.2, 0) is 4.79 Å². The summed E-state index contributed by atoms with van der Waals surface area (Å²) in [6, 6.07) is 7.73. The van der Waals surface area contributed by atoms with E-state index in [-0.39, 0.29) is 11.9 Å². The lowest BCUT2D eigenvalue weighted by atomic mass is 10.1. The van der Waals surface area contributed by atoms with Crippen molar-refractivity contribution in [3.05, 3.63) is 29.8 Å². The maximum Gasteiger partial charge on any atom is 0.239 e. The maximum atomic E-state index is 12.0. The van der Waals surface area contributed by atoms with Crippen molar-refractivity contribution >= 4 is 28.8 Å². The minimum atomic E-state index is 0.00873. The number of benzene rings is 1. The molecule has 1 aromatic rings. The summed E-state index contributed by atoms with van der Waals surface area (Å²) < 4.78 is 0. The average molecular weight is 293 g/mol. The molecular weight excluding hydrogens is 270 g/mol. The zero-order valence-corrected chi connectivity index (χ0v) is 13.3. The predicted molar refractivity (Wildman–Crippen MR) is 88.0 cm³/mol. The van der Waals surface area contributed by atoms with Gasteiger partial charge in [0.15, 0.2) is 0 Å². The minimum Gasteiger partial charge on any atom is -0.389 e. The lowest BCUT2D eigenvalue weighted by Gasteiger charge is -2.22. The van der Waals surface area contributed by atoms with Crippen LogP contribution in [0.5, 0.6) is 0 Å². The van der Waals surface area contributed by atoms with Gasteiger partial charge in [-0.15, -0.1) is 0 Å². The van der Waals surface area contributed by atoms with E-state index in [1.54, 1.807) is 0 Å². The highest BCUT2D eigenvalue weighted by Gasteiger charge is 2.13. The third kappa shape index (κ3) is 4.81. The quantitative estimate of drug-likeness (QED) is 0.787. The highest BCUT2D eigenvalue weighted by atomic mass is 32.1. The molecule has 0 saturated carbocycles. The number of amides is 1. The van der Waals surface area contributed by atoms with Crippen LogP contribution in [0.25, 0.3) is 0 Å². The number of nitrogens with one attached hydrogen (secondary N) is 1. The first-order valence-corrected chi connectivity index (χ1v) is 7.12. The first-order chi connectivity index (χ1) is 9.31. The van der Waals surface area contributed by atoms with Gasteiger partial charge in [-0.2, -0.15) is 0 Å². The van der Waals surface area contributed by atoms with Gasteiger partial charge >= 0.3 is 0 Å². The summed E-state index contributed by atoms with van der Waals surface area (Å²) in [5.74, 6) is 0.427. The summed E-state index contributed by atoms with van der Waals surface area (Å²) in [5, 5.41) is 2.99. The van der Waals surface area contributed by atoms with Crippen LogP contribution in [-0.4, -0.2) is 30.5 Å². The molecule has 0 heterocycles. The Morgan fingerprint density at radius 1 is 1.40 bits per heavy atom. The highest BCUT2D eigenvalue weighted by Crippen LogP contribution is 2.14. The van der Waals surface area contributed by atoms with Crippen molar-refractivity contribution in [2.24, 2.45) is 11.7 Å². The van der Waals surface area contributed by atoms with Gasteiger partial charge in [0.2, 0.25) is 5.91 Å². The second kappa shape index (κ2) is 7.24. The fraction of sp³-hybridized carbons (Fsp3) is 0.467. The van der Waals surface area contributed by atoms with Crippen LogP contribution in [0.3, 0.4) is 0 Å². The van der Waals surface area contributed by atoms with E-state index in [1.807, 2.05) is 43.1 Å². The van der Waals surface area contributed by atoms with Crippen molar-refractivity contribution in [1.82, 2.24) is 5.32 Å². The Balaban J connectivity index is 2.66. The molecule has 0 aromatic heterocycles. The number of likely N-dealkylation sites (N-methyl/N-ethyl adjacent to an activating group) is 1. The lowest BCUT2D eigenvalue weighted by Crippen LogP contribution is -2.41. The molecule has 20 heavy (non-hydrogen) atoms. The Morgan fingerprint density at radius 2 is 2.05 bits per heavy atom. The number of rotatable bonds is 6. The molecule has 0 spiro atoms. The SMILES string of the molecule is CC(C)C(C)NC(=O)CN(C)c1cccc(C(N)=S)c1. The van der Waals surface area contributed by atoms with Gasteiger partial charge < -0.3 is 16.0 Å².